The number of carbonyl (C=O) groups is 4. The lowest BCUT2D eigenvalue weighted by molar-refractivity contribution is -0.137. The van der Waals surface area contributed by atoms with E-state index < -0.39 is 29.7 Å². The monoisotopic (exact) mass is 548 g/mol. The Morgan fingerprint density at radius 1 is 0.949 bits per heavy atom. The zero-order valence-electron chi connectivity index (χ0n) is 20.0. The maximum absolute atomic E-state index is 13.1. The van der Waals surface area contributed by atoms with Crippen molar-refractivity contribution < 1.29 is 24.3 Å². The number of carbonyl (C=O) groups excluding carboxylic acids is 3. The number of halogens is 1. The zero-order chi connectivity index (χ0) is 27.9. The van der Waals surface area contributed by atoms with Crippen LogP contribution in [0.15, 0.2) is 73.1 Å². The second-order valence-corrected chi connectivity index (χ2v) is 8.65. The van der Waals surface area contributed by atoms with Crippen molar-refractivity contribution in [1.29, 1.82) is 0 Å². The summed E-state index contributed by atoms with van der Waals surface area (Å²) in [7, 11) is 0. The molecule has 6 N–H and O–H groups in total. The van der Waals surface area contributed by atoms with Gasteiger partial charge in [-0.05, 0) is 70.6 Å². The number of hydrogen-bond donors (Lipinski definition) is 5. The number of nitrogens with two attached hydrogens (primary N) is 1. The van der Waals surface area contributed by atoms with E-state index >= 15 is 0 Å². The van der Waals surface area contributed by atoms with Crippen LogP contribution in [-0.4, -0.2) is 55.0 Å². The van der Waals surface area contributed by atoms with E-state index in [1.54, 1.807) is 36.4 Å². The molecule has 0 spiro atoms. The molecular formula is C25H21ClN8O5. The summed E-state index contributed by atoms with van der Waals surface area (Å²) in [6, 6.07) is 15.5. The van der Waals surface area contributed by atoms with E-state index in [9.17, 15) is 19.2 Å². The highest BCUT2D eigenvalue weighted by Crippen LogP contribution is 2.24. The van der Waals surface area contributed by atoms with Gasteiger partial charge in [-0.3, -0.25) is 14.4 Å². The van der Waals surface area contributed by atoms with Crippen LogP contribution in [0.1, 0.15) is 15.9 Å². The fourth-order valence-corrected chi connectivity index (χ4v) is 3.68. The van der Waals surface area contributed by atoms with E-state index in [1.165, 1.54) is 41.3 Å². The van der Waals surface area contributed by atoms with Gasteiger partial charge in [0.15, 0.2) is 0 Å². The Balaban J connectivity index is 1.52. The average Bonchev–Trinajstić information content (AvgIpc) is 3.44. The van der Waals surface area contributed by atoms with Gasteiger partial charge in [0.05, 0.1) is 16.9 Å². The Labute approximate surface area is 226 Å². The van der Waals surface area contributed by atoms with Crippen LogP contribution in [0.2, 0.25) is 5.02 Å². The lowest BCUT2D eigenvalue weighted by Gasteiger charge is -2.19. The first-order valence-electron chi connectivity index (χ1n) is 11.3. The number of aromatic nitrogens is 4. The third-order valence-corrected chi connectivity index (χ3v) is 5.68. The number of nitrogens with zero attached hydrogens (tertiary/aromatic N) is 4. The van der Waals surface area contributed by atoms with Gasteiger partial charge in [0.1, 0.15) is 12.4 Å². The molecule has 0 saturated carbocycles. The quantitative estimate of drug-likeness (QED) is 0.161. The molecule has 14 heteroatoms. The van der Waals surface area contributed by atoms with Crippen molar-refractivity contribution in [2.24, 2.45) is 0 Å². The molecule has 0 fully saturated rings. The SMILES string of the molecule is Nc1ccc(CC(NC(=O)C(=O)Nc2cc(Cl)ccc2-n2cnnn2)C(=O)Nc2ccc(C(=O)O)cc2)cc1. The summed E-state index contributed by atoms with van der Waals surface area (Å²) in [5.41, 5.74) is 7.78. The summed E-state index contributed by atoms with van der Waals surface area (Å²) in [6.45, 7) is 0. The second kappa shape index (κ2) is 11.8. The highest BCUT2D eigenvalue weighted by atomic mass is 35.5. The average molecular weight is 549 g/mol. The highest BCUT2D eigenvalue weighted by Gasteiger charge is 2.26. The van der Waals surface area contributed by atoms with Crippen LogP contribution >= 0.6 is 11.6 Å². The minimum Gasteiger partial charge on any atom is -0.478 e. The van der Waals surface area contributed by atoms with Crippen molar-refractivity contribution in [1.82, 2.24) is 25.5 Å². The molecule has 39 heavy (non-hydrogen) atoms. The first-order valence-corrected chi connectivity index (χ1v) is 11.7. The number of hydrogen-bond acceptors (Lipinski definition) is 8. The van der Waals surface area contributed by atoms with Gasteiger partial charge < -0.3 is 26.8 Å². The number of benzene rings is 3. The fourth-order valence-electron chi connectivity index (χ4n) is 3.51. The van der Waals surface area contributed by atoms with E-state index in [0.29, 0.717) is 22.6 Å². The number of anilines is 3. The van der Waals surface area contributed by atoms with Crippen molar-refractivity contribution in [3.05, 3.63) is 89.2 Å². The van der Waals surface area contributed by atoms with Crippen LogP contribution in [-0.2, 0) is 20.8 Å². The van der Waals surface area contributed by atoms with Gasteiger partial charge in [0.25, 0.3) is 0 Å². The maximum Gasteiger partial charge on any atom is 0.335 e. The van der Waals surface area contributed by atoms with Crippen molar-refractivity contribution >= 4 is 52.4 Å². The number of nitrogens with one attached hydrogen (secondary N) is 3. The Morgan fingerprint density at radius 2 is 1.67 bits per heavy atom. The molecule has 1 heterocycles. The second-order valence-electron chi connectivity index (χ2n) is 8.21. The topological polar surface area (TPSA) is 194 Å². The molecule has 4 aromatic rings. The van der Waals surface area contributed by atoms with E-state index in [2.05, 4.69) is 31.5 Å². The van der Waals surface area contributed by atoms with E-state index in [1.807, 2.05) is 0 Å². The predicted octanol–water partition coefficient (Wildman–Crippen LogP) is 1.90. The van der Waals surface area contributed by atoms with E-state index in [0.717, 1.165) is 0 Å². The minimum absolute atomic E-state index is 0.0331. The molecule has 1 unspecified atom stereocenters. The van der Waals surface area contributed by atoms with Crippen molar-refractivity contribution in [3.8, 4) is 5.69 Å². The largest absolute Gasteiger partial charge is 0.478 e. The normalized spacial score (nSPS) is 11.3. The number of aromatic carboxylic acids is 1. The number of nitrogen functional groups attached to an aromatic ring is 1. The minimum atomic E-state index is -1.18. The first-order chi connectivity index (χ1) is 18.7. The van der Waals surface area contributed by atoms with Crippen molar-refractivity contribution in [3.63, 3.8) is 0 Å². The molecule has 198 valence electrons. The fraction of sp³-hybridized carbons (Fsp3) is 0.0800. The Morgan fingerprint density at radius 3 is 2.31 bits per heavy atom. The van der Waals surface area contributed by atoms with Crippen molar-refractivity contribution in [2.45, 2.75) is 12.5 Å². The standard InChI is InChI=1S/C25H21ClN8O5/c26-16-5-10-21(34-13-28-32-33-34)19(12-16)30-23(36)24(37)31-20(11-14-1-6-17(27)7-2-14)22(35)29-18-8-3-15(4-9-18)25(38)39/h1-10,12-13,20H,11,27H2,(H,29,35)(H,30,36)(H,31,37)(H,38,39). The summed E-state index contributed by atoms with van der Waals surface area (Å²) < 4.78 is 1.27. The lowest BCUT2D eigenvalue weighted by atomic mass is 10.0. The van der Waals surface area contributed by atoms with Crippen LogP contribution in [0.4, 0.5) is 17.1 Å². The summed E-state index contributed by atoms with van der Waals surface area (Å²) in [6.07, 6.45) is 1.33. The summed E-state index contributed by atoms with van der Waals surface area (Å²) >= 11 is 6.07. The molecule has 3 amide bonds. The molecule has 0 saturated heterocycles. The molecule has 3 aromatic carbocycles. The molecule has 0 aliphatic rings. The number of carboxylic acids is 1. The molecule has 4 rings (SSSR count). The van der Waals surface area contributed by atoms with Gasteiger partial charge >= 0.3 is 17.8 Å². The Hall–Kier alpha value is -5.30. The molecule has 1 aromatic heterocycles. The van der Waals surface area contributed by atoms with Crippen LogP contribution in [0.25, 0.3) is 5.69 Å². The zero-order valence-corrected chi connectivity index (χ0v) is 20.8. The number of amides is 3. The summed E-state index contributed by atoms with van der Waals surface area (Å²) in [5.74, 6) is -3.90. The molecule has 0 aliphatic carbocycles. The third kappa shape index (κ3) is 6.93. The van der Waals surface area contributed by atoms with Gasteiger partial charge in [-0.2, -0.15) is 4.68 Å². The molecule has 0 aliphatic heterocycles. The smallest absolute Gasteiger partial charge is 0.335 e. The van der Waals surface area contributed by atoms with Gasteiger partial charge in [-0.15, -0.1) is 5.10 Å². The lowest BCUT2D eigenvalue weighted by Crippen LogP contribution is -2.49. The molecule has 1 atom stereocenters. The Kier molecular flexibility index (Phi) is 8.12. The van der Waals surface area contributed by atoms with Crippen molar-refractivity contribution in [2.75, 3.05) is 16.4 Å². The molecular weight excluding hydrogens is 528 g/mol. The predicted molar refractivity (Wildman–Crippen MR) is 141 cm³/mol. The number of rotatable bonds is 8. The maximum atomic E-state index is 13.1. The molecule has 13 nitrogen and oxygen atoms in total. The molecule has 0 radical (unpaired) electrons. The summed E-state index contributed by atoms with van der Waals surface area (Å²) in [5, 5.41) is 27.8. The van der Waals surface area contributed by atoms with Gasteiger partial charge in [0, 0.05) is 22.8 Å². The van der Waals surface area contributed by atoms with Crippen LogP contribution in [0.5, 0.6) is 0 Å². The highest BCUT2D eigenvalue weighted by molar-refractivity contribution is 6.40. The van der Waals surface area contributed by atoms with Gasteiger partial charge in [-0.1, -0.05) is 23.7 Å². The number of carboxylic acid groups (broad SMARTS) is 1. The van der Waals surface area contributed by atoms with Crippen LogP contribution in [0, 0.1) is 0 Å². The van der Waals surface area contributed by atoms with E-state index in [4.69, 9.17) is 22.4 Å². The van der Waals surface area contributed by atoms with Crippen LogP contribution in [0.3, 0.4) is 0 Å². The molecule has 0 bridgehead atoms. The van der Waals surface area contributed by atoms with E-state index in [-0.39, 0.29) is 22.7 Å². The van der Waals surface area contributed by atoms with Gasteiger partial charge in [0.2, 0.25) is 5.91 Å². The Bertz CT molecular complexity index is 1510. The summed E-state index contributed by atoms with van der Waals surface area (Å²) in [4.78, 5) is 49.9. The van der Waals surface area contributed by atoms with Gasteiger partial charge in [-0.25, -0.2) is 4.79 Å². The number of tetrazole rings is 1. The van der Waals surface area contributed by atoms with Crippen LogP contribution < -0.4 is 21.7 Å². The first kappa shape index (κ1) is 26.8. The third-order valence-electron chi connectivity index (χ3n) is 5.45.